The Kier molecular flexibility index (Phi) is 6.08. The van der Waals surface area contributed by atoms with E-state index in [1.807, 2.05) is 73.8 Å². The zero-order chi connectivity index (χ0) is 17.6. The molecule has 4 heteroatoms. The molecule has 0 spiro atoms. The quantitative estimate of drug-likeness (QED) is 0.811. The Morgan fingerprint density at radius 3 is 1.88 bits per heavy atom. The topological polar surface area (TPSA) is 49.3 Å². The molecule has 0 saturated carbocycles. The van der Waals surface area contributed by atoms with E-state index in [0.29, 0.717) is 5.75 Å². The maximum absolute atomic E-state index is 13.1. The molecule has 24 heavy (non-hydrogen) atoms. The number of hydrogen-bond donors (Lipinski definition) is 2. The zero-order valence-corrected chi connectivity index (χ0v) is 15.3. The van der Waals surface area contributed by atoms with Crippen LogP contribution in [0.4, 0.5) is 0 Å². The van der Waals surface area contributed by atoms with E-state index in [-0.39, 0.29) is 12.5 Å². The predicted octanol–water partition coefficient (Wildman–Crippen LogP) is 3.22. The molecule has 2 aromatic rings. The van der Waals surface area contributed by atoms with Gasteiger partial charge >= 0.3 is 0 Å². The number of carbonyl (C=O) groups excluding carboxylic acids is 1. The standard InChI is InChI=1S/C20H25NO2S/c1-19(23,15-24-3)14-21-18(22)20(2,16-10-6-4-7-11-16)17-12-8-5-9-13-17/h4-13,23H,14-15H2,1-3H3,(H,21,22). The van der Waals surface area contributed by atoms with E-state index in [2.05, 4.69) is 5.32 Å². The third kappa shape index (κ3) is 4.19. The number of amides is 1. The highest BCUT2D eigenvalue weighted by molar-refractivity contribution is 7.98. The fraction of sp³-hybridized carbons (Fsp3) is 0.350. The normalized spacial score (nSPS) is 14.0. The summed E-state index contributed by atoms with van der Waals surface area (Å²) in [6, 6.07) is 19.5. The van der Waals surface area contributed by atoms with Gasteiger partial charge in [-0.15, -0.1) is 0 Å². The maximum Gasteiger partial charge on any atom is 0.234 e. The van der Waals surface area contributed by atoms with Gasteiger partial charge in [0.25, 0.3) is 0 Å². The number of benzene rings is 2. The van der Waals surface area contributed by atoms with Gasteiger partial charge in [0.1, 0.15) is 0 Å². The van der Waals surface area contributed by atoms with Crippen LogP contribution >= 0.6 is 11.8 Å². The lowest BCUT2D eigenvalue weighted by molar-refractivity contribution is -0.125. The lowest BCUT2D eigenvalue weighted by atomic mass is 9.75. The molecule has 0 aliphatic heterocycles. The minimum atomic E-state index is -0.927. The first-order valence-corrected chi connectivity index (χ1v) is 9.40. The van der Waals surface area contributed by atoms with Crippen molar-refractivity contribution in [2.45, 2.75) is 24.9 Å². The Labute approximate surface area is 148 Å². The molecular weight excluding hydrogens is 318 g/mol. The molecule has 0 bridgehead atoms. The molecular formula is C20H25NO2S. The summed E-state index contributed by atoms with van der Waals surface area (Å²) in [4.78, 5) is 13.1. The fourth-order valence-electron chi connectivity index (χ4n) is 2.78. The Morgan fingerprint density at radius 2 is 1.46 bits per heavy atom. The molecule has 0 fully saturated rings. The Bertz CT molecular complexity index is 616. The summed E-state index contributed by atoms with van der Waals surface area (Å²) >= 11 is 1.56. The molecule has 0 aliphatic carbocycles. The lowest BCUT2D eigenvalue weighted by Gasteiger charge is -2.31. The Hall–Kier alpha value is -1.78. The number of nitrogens with one attached hydrogen (secondary N) is 1. The van der Waals surface area contributed by atoms with E-state index in [9.17, 15) is 9.90 Å². The number of hydrogen-bond acceptors (Lipinski definition) is 3. The smallest absolute Gasteiger partial charge is 0.234 e. The summed E-state index contributed by atoms with van der Waals surface area (Å²) in [6.45, 7) is 3.89. The van der Waals surface area contributed by atoms with Gasteiger partial charge in [-0.25, -0.2) is 0 Å². The van der Waals surface area contributed by atoms with Crippen LogP contribution in [-0.4, -0.2) is 35.2 Å². The van der Waals surface area contributed by atoms with Gasteiger partial charge in [0, 0.05) is 12.3 Å². The van der Waals surface area contributed by atoms with Crippen molar-refractivity contribution in [3.05, 3.63) is 71.8 Å². The number of carbonyl (C=O) groups is 1. The fourth-order valence-corrected chi connectivity index (χ4v) is 3.51. The SMILES string of the molecule is CSCC(C)(O)CNC(=O)C(C)(c1ccccc1)c1ccccc1. The molecule has 128 valence electrons. The molecule has 0 heterocycles. The van der Waals surface area contributed by atoms with Gasteiger partial charge in [0.15, 0.2) is 0 Å². The first-order valence-electron chi connectivity index (χ1n) is 8.01. The van der Waals surface area contributed by atoms with E-state index < -0.39 is 11.0 Å². The van der Waals surface area contributed by atoms with Crippen molar-refractivity contribution in [3.63, 3.8) is 0 Å². The summed E-state index contributed by atoms with van der Waals surface area (Å²) in [5.74, 6) is 0.460. The molecule has 0 saturated heterocycles. The van der Waals surface area contributed by atoms with E-state index in [0.717, 1.165) is 11.1 Å². The van der Waals surface area contributed by atoms with Crippen molar-refractivity contribution in [1.29, 1.82) is 0 Å². The van der Waals surface area contributed by atoms with Crippen LogP contribution in [0.5, 0.6) is 0 Å². The average Bonchev–Trinajstić information content (AvgIpc) is 2.60. The Morgan fingerprint density at radius 1 is 1.00 bits per heavy atom. The highest BCUT2D eigenvalue weighted by Gasteiger charge is 2.37. The summed E-state index contributed by atoms with van der Waals surface area (Å²) in [7, 11) is 0. The molecule has 0 aliphatic rings. The first kappa shape index (κ1) is 18.6. The van der Waals surface area contributed by atoms with Crippen molar-refractivity contribution in [2.75, 3.05) is 18.6 Å². The highest BCUT2D eigenvalue weighted by Crippen LogP contribution is 2.32. The lowest BCUT2D eigenvalue weighted by Crippen LogP contribution is -2.49. The van der Waals surface area contributed by atoms with Gasteiger partial charge in [-0.3, -0.25) is 4.79 Å². The molecule has 2 N–H and O–H groups in total. The summed E-state index contributed by atoms with van der Waals surface area (Å²) in [5.41, 5.74) is 0.123. The van der Waals surface area contributed by atoms with Crippen LogP contribution in [0.1, 0.15) is 25.0 Å². The zero-order valence-electron chi connectivity index (χ0n) is 14.5. The van der Waals surface area contributed by atoms with E-state index in [1.165, 1.54) is 0 Å². The summed E-state index contributed by atoms with van der Waals surface area (Å²) in [6.07, 6.45) is 1.94. The van der Waals surface area contributed by atoms with Crippen molar-refractivity contribution < 1.29 is 9.90 Å². The molecule has 0 aromatic heterocycles. The second kappa shape index (κ2) is 7.86. The van der Waals surface area contributed by atoms with E-state index >= 15 is 0 Å². The minimum absolute atomic E-state index is 0.110. The van der Waals surface area contributed by atoms with Crippen LogP contribution in [0.15, 0.2) is 60.7 Å². The third-order valence-corrected chi connectivity index (χ3v) is 5.15. The van der Waals surface area contributed by atoms with Crippen molar-refractivity contribution >= 4 is 17.7 Å². The van der Waals surface area contributed by atoms with Gasteiger partial charge in [-0.1, -0.05) is 60.7 Å². The van der Waals surface area contributed by atoms with Crippen LogP contribution in [0.3, 0.4) is 0 Å². The number of rotatable bonds is 7. The third-order valence-electron chi connectivity index (χ3n) is 4.24. The molecule has 1 unspecified atom stereocenters. The second-order valence-corrected chi connectivity index (χ2v) is 7.34. The first-order chi connectivity index (χ1) is 11.4. The number of thioether (sulfide) groups is 1. The maximum atomic E-state index is 13.1. The summed E-state index contributed by atoms with van der Waals surface area (Å²) < 4.78 is 0. The van der Waals surface area contributed by atoms with Crippen molar-refractivity contribution in [2.24, 2.45) is 0 Å². The number of aliphatic hydroxyl groups is 1. The molecule has 2 rings (SSSR count). The average molecular weight is 343 g/mol. The van der Waals surface area contributed by atoms with Crippen LogP contribution in [-0.2, 0) is 10.2 Å². The Balaban J connectivity index is 2.32. The largest absolute Gasteiger partial charge is 0.387 e. The van der Waals surface area contributed by atoms with Gasteiger partial charge in [0.05, 0.1) is 11.0 Å². The summed E-state index contributed by atoms with van der Waals surface area (Å²) in [5, 5.41) is 13.3. The molecule has 1 atom stereocenters. The molecule has 1 amide bonds. The minimum Gasteiger partial charge on any atom is -0.387 e. The monoisotopic (exact) mass is 343 g/mol. The van der Waals surface area contributed by atoms with Crippen molar-refractivity contribution in [3.8, 4) is 0 Å². The van der Waals surface area contributed by atoms with Gasteiger partial charge in [-0.2, -0.15) is 11.8 Å². The highest BCUT2D eigenvalue weighted by atomic mass is 32.2. The second-order valence-electron chi connectivity index (χ2n) is 6.47. The van der Waals surface area contributed by atoms with E-state index in [4.69, 9.17) is 0 Å². The van der Waals surface area contributed by atoms with Gasteiger partial charge in [0.2, 0.25) is 5.91 Å². The van der Waals surface area contributed by atoms with Gasteiger partial charge in [-0.05, 0) is 31.2 Å². The predicted molar refractivity (Wildman–Crippen MR) is 101 cm³/mol. The van der Waals surface area contributed by atoms with Crippen LogP contribution < -0.4 is 5.32 Å². The van der Waals surface area contributed by atoms with Gasteiger partial charge < -0.3 is 10.4 Å². The van der Waals surface area contributed by atoms with Crippen LogP contribution in [0.25, 0.3) is 0 Å². The van der Waals surface area contributed by atoms with Crippen molar-refractivity contribution in [1.82, 2.24) is 5.32 Å². The van der Waals surface area contributed by atoms with Crippen LogP contribution in [0.2, 0.25) is 0 Å². The van der Waals surface area contributed by atoms with E-state index in [1.54, 1.807) is 18.7 Å². The molecule has 0 radical (unpaired) electrons. The van der Waals surface area contributed by atoms with Crippen LogP contribution in [0, 0.1) is 0 Å². The molecule has 3 nitrogen and oxygen atoms in total. The molecule has 2 aromatic carbocycles.